The van der Waals surface area contributed by atoms with Gasteiger partial charge in [0.1, 0.15) is 6.54 Å². The first-order chi connectivity index (χ1) is 13.3. The van der Waals surface area contributed by atoms with Crippen LogP contribution in [0.1, 0.15) is 19.4 Å². The lowest BCUT2D eigenvalue weighted by molar-refractivity contribution is -0.133. The number of amides is 1. The lowest BCUT2D eigenvalue weighted by Crippen LogP contribution is -2.41. The van der Waals surface area contributed by atoms with Crippen molar-refractivity contribution in [3.63, 3.8) is 0 Å². The number of para-hydroxylation sites is 1. The van der Waals surface area contributed by atoms with Crippen LogP contribution in [0.15, 0.2) is 47.4 Å². The average Bonchev–Trinajstić information content (AvgIpc) is 2.67. The van der Waals surface area contributed by atoms with E-state index in [4.69, 9.17) is 4.74 Å². The van der Waals surface area contributed by atoms with Crippen molar-refractivity contribution in [3.05, 3.63) is 48.0 Å². The number of hydrogen-bond donors (Lipinski definition) is 1. The van der Waals surface area contributed by atoms with Crippen LogP contribution in [0.25, 0.3) is 0 Å². The maximum Gasteiger partial charge on any atom is 0.331 e. The van der Waals surface area contributed by atoms with Crippen molar-refractivity contribution in [2.45, 2.75) is 25.2 Å². The third-order valence-electron chi connectivity index (χ3n) is 4.56. The molecule has 2 aromatic rings. The molecule has 0 saturated carbocycles. The fraction of sp³-hybridized carbons (Fsp3) is 0.300. The average molecular weight is 402 g/mol. The molecule has 1 aliphatic heterocycles. The Kier molecular flexibility index (Phi) is 5.69. The first kappa shape index (κ1) is 19.9. The third-order valence-corrected chi connectivity index (χ3v) is 6.29. The first-order valence-corrected chi connectivity index (χ1v) is 10.7. The number of fused-ring (bicyclic) bond motifs is 1. The standard InChI is InChI=1S/C20H22N2O5S/c1-3-14-7-5-6-8-16(14)21-19(23)12-22-13-20(24)27-18-11-15(9-10-17(18)22)28(25,26)4-2/h5-11H,3-4,12-13H2,1-2H3,(H,21,23). The van der Waals surface area contributed by atoms with E-state index in [0.717, 1.165) is 17.7 Å². The van der Waals surface area contributed by atoms with Gasteiger partial charge in [0.15, 0.2) is 15.6 Å². The van der Waals surface area contributed by atoms with Gasteiger partial charge in [-0.25, -0.2) is 13.2 Å². The molecule has 0 aliphatic carbocycles. The number of anilines is 2. The normalized spacial score (nSPS) is 13.6. The number of hydrogen-bond acceptors (Lipinski definition) is 6. The molecule has 3 rings (SSSR count). The van der Waals surface area contributed by atoms with E-state index in [9.17, 15) is 18.0 Å². The number of ether oxygens (including phenoxy) is 1. The summed E-state index contributed by atoms with van der Waals surface area (Å²) in [6.07, 6.45) is 0.782. The summed E-state index contributed by atoms with van der Waals surface area (Å²) in [6, 6.07) is 11.9. The summed E-state index contributed by atoms with van der Waals surface area (Å²) in [6.45, 7) is 3.41. The fourth-order valence-electron chi connectivity index (χ4n) is 3.05. The molecule has 1 aliphatic rings. The maximum absolute atomic E-state index is 12.5. The molecule has 1 amide bonds. The van der Waals surface area contributed by atoms with Gasteiger partial charge < -0.3 is 15.0 Å². The van der Waals surface area contributed by atoms with Crippen molar-refractivity contribution in [1.82, 2.24) is 0 Å². The molecule has 0 radical (unpaired) electrons. The quantitative estimate of drug-likeness (QED) is 0.589. The Hall–Kier alpha value is -2.87. The molecule has 0 spiro atoms. The molecule has 1 N–H and O–H groups in total. The zero-order chi connectivity index (χ0) is 20.3. The first-order valence-electron chi connectivity index (χ1n) is 9.04. The number of sulfone groups is 1. The van der Waals surface area contributed by atoms with E-state index in [1.54, 1.807) is 17.9 Å². The summed E-state index contributed by atoms with van der Waals surface area (Å²) in [5.41, 5.74) is 2.26. The van der Waals surface area contributed by atoms with E-state index in [-0.39, 0.29) is 35.4 Å². The van der Waals surface area contributed by atoms with E-state index in [0.29, 0.717) is 5.69 Å². The van der Waals surface area contributed by atoms with E-state index < -0.39 is 15.8 Å². The Bertz CT molecular complexity index is 1020. The minimum absolute atomic E-state index is 0.0529. The van der Waals surface area contributed by atoms with Crippen LogP contribution < -0.4 is 15.0 Å². The molecule has 148 valence electrons. The molecule has 8 heteroatoms. The van der Waals surface area contributed by atoms with Gasteiger partial charge in [-0.2, -0.15) is 0 Å². The molecular weight excluding hydrogens is 380 g/mol. The number of benzene rings is 2. The molecule has 0 atom stereocenters. The van der Waals surface area contributed by atoms with Gasteiger partial charge in [0.25, 0.3) is 0 Å². The summed E-state index contributed by atoms with van der Waals surface area (Å²) in [4.78, 5) is 26.2. The van der Waals surface area contributed by atoms with Crippen LogP contribution in [0.5, 0.6) is 5.75 Å². The number of nitrogens with one attached hydrogen (secondary N) is 1. The van der Waals surface area contributed by atoms with Gasteiger partial charge in [0, 0.05) is 11.8 Å². The van der Waals surface area contributed by atoms with E-state index >= 15 is 0 Å². The van der Waals surface area contributed by atoms with Crippen LogP contribution in [0, 0.1) is 0 Å². The molecule has 0 aromatic heterocycles. The summed E-state index contributed by atoms with van der Waals surface area (Å²) >= 11 is 0. The van der Waals surface area contributed by atoms with Gasteiger partial charge in [0.2, 0.25) is 5.91 Å². The van der Waals surface area contributed by atoms with Crippen LogP contribution in [0.2, 0.25) is 0 Å². The van der Waals surface area contributed by atoms with Crippen molar-refractivity contribution < 1.29 is 22.7 Å². The lowest BCUT2D eigenvalue weighted by atomic mass is 10.1. The Morgan fingerprint density at radius 2 is 1.93 bits per heavy atom. The lowest BCUT2D eigenvalue weighted by Gasteiger charge is -2.29. The summed E-state index contributed by atoms with van der Waals surface area (Å²) in [7, 11) is -3.43. The Labute approximate surface area is 164 Å². The van der Waals surface area contributed by atoms with Crippen molar-refractivity contribution in [1.29, 1.82) is 0 Å². The number of aryl methyl sites for hydroxylation is 1. The highest BCUT2D eigenvalue weighted by atomic mass is 32.2. The minimum atomic E-state index is -3.43. The molecule has 0 saturated heterocycles. The predicted molar refractivity (Wildman–Crippen MR) is 106 cm³/mol. The van der Waals surface area contributed by atoms with Crippen molar-refractivity contribution >= 4 is 33.1 Å². The monoisotopic (exact) mass is 402 g/mol. The predicted octanol–water partition coefficient (Wildman–Crippen LogP) is 2.41. The minimum Gasteiger partial charge on any atom is -0.423 e. The van der Waals surface area contributed by atoms with Crippen LogP contribution in [-0.4, -0.2) is 39.1 Å². The fourth-order valence-corrected chi connectivity index (χ4v) is 3.94. The number of carbonyl (C=O) groups excluding carboxylic acids is 2. The van der Waals surface area contributed by atoms with Crippen molar-refractivity contribution in [3.8, 4) is 5.75 Å². The summed E-state index contributed by atoms with van der Waals surface area (Å²) < 4.78 is 29.3. The van der Waals surface area contributed by atoms with E-state index in [1.165, 1.54) is 12.1 Å². The highest BCUT2D eigenvalue weighted by Gasteiger charge is 2.27. The van der Waals surface area contributed by atoms with Crippen molar-refractivity contribution in [2.24, 2.45) is 0 Å². The third kappa shape index (κ3) is 4.17. The second-order valence-electron chi connectivity index (χ2n) is 6.42. The van der Waals surface area contributed by atoms with Gasteiger partial charge in [-0.1, -0.05) is 32.0 Å². The summed E-state index contributed by atoms with van der Waals surface area (Å²) in [5, 5.41) is 2.87. The largest absolute Gasteiger partial charge is 0.423 e. The number of nitrogens with zero attached hydrogens (tertiary/aromatic N) is 1. The molecule has 0 fully saturated rings. The number of rotatable bonds is 6. The van der Waals surface area contributed by atoms with Gasteiger partial charge >= 0.3 is 5.97 Å². The SMILES string of the molecule is CCc1ccccc1NC(=O)CN1CC(=O)Oc2cc(S(=O)(=O)CC)ccc21. The van der Waals surface area contributed by atoms with Gasteiger partial charge in [-0.05, 0) is 30.2 Å². The molecule has 7 nitrogen and oxygen atoms in total. The van der Waals surface area contributed by atoms with Gasteiger partial charge in [0.05, 0.1) is 22.9 Å². The Morgan fingerprint density at radius 1 is 1.18 bits per heavy atom. The number of carbonyl (C=O) groups is 2. The zero-order valence-corrected chi connectivity index (χ0v) is 16.6. The van der Waals surface area contributed by atoms with Gasteiger partial charge in [-0.3, -0.25) is 4.79 Å². The Morgan fingerprint density at radius 3 is 2.64 bits per heavy atom. The topological polar surface area (TPSA) is 92.8 Å². The molecule has 2 aromatic carbocycles. The zero-order valence-electron chi connectivity index (χ0n) is 15.8. The molecule has 1 heterocycles. The smallest absolute Gasteiger partial charge is 0.331 e. The molecule has 0 unspecified atom stereocenters. The van der Waals surface area contributed by atoms with Crippen LogP contribution in [0.3, 0.4) is 0 Å². The van der Waals surface area contributed by atoms with E-state index in [1.807, 2.05) is 31.2 Å². The highest BCUT2D eigenvalue weighted by molar-refractivity contribution is 7.91. The molecule has 0 bridgehead atoms. The van der Waals surface area contributed by atoms with Crippen LogP contribution >= 0.6 is 0 Å². The highest BCUT2D eigenvalue weighted by Crippen LogP contribution is 2.34. The van der Waals surface area contributed by atoms with Crippen LogP contribution in [-0.2, 0) is 25.8 Å². The molecule has 28 heavy (non-hydrogen) atoms. The number of esters is 1. The second kappa shape index (κ2) is 8.02. The van der Waals surface area contributed by atoms with Crippen molar-refractivity contribution in [2.75, 3.05) is 29.1 Å². The molecular formula is C20H22N2O5S. The van der Waals surface area contributed by atoms with Crippen LogP contribution in [0.4, 0.5) is 11.4 Å². The summed E-state index contributed by atoms with van der Waals surface area (Å²) in [5.74, 6) is -0.720. The Balaban J connectivity index is 1.82. The second-order valence-corrected chi connectivity index (χ2v) is 8.70. The van der Waals surface area contributed by atoms with E-state index in [2.05, 4.69) is 5.32 Å². The maximum atomic E-state index is 12.5. The van der Waals surface area contributed by atoms with Gasteiger partial charge in [-0.15, -0.1) is 0 Å².